The maximum Gasteiger partial charge on any atom is 0.0632 e. The molecule has 6 aromatic carbocycles. The maximum atomic E-state index is 3.53. The third-order valence-electron chi connectivity index (χ3n) is 7.44. The smallest absolute Gasteiger partial charge is 0.0632 e. The SMILES string of the molecule is Cc1cccc(Nc2ccc([C+](c3ccc(Nc4cccc(C)c4)cc3)c3ccc(Nc4cccc(C)c4)cc3)cc2)c1. The Labute approximate surface area is 255 Å². The van der Waals surface area contributed by atoms with Crippen molar-refractivity contribution in [3.8, 4) is 0 Å². The van der Waals surface area contributed by atoms with Crippen molar-refractivity contribution < 1.29 is 0 Å². The molecule has 0 unspecified atom stereocenters. The van der Waals surface area contributed by atoms with Crippen molar-refractivity contribution in [2.75, 3.05) is 16.0 Å². The Morgan fingerprint density at radius 1 is 0.326 bits per heavy atom. The zero-order valence-electron chi connectivity index (χ0n) is 24.9. The van der Waals surface area contributed by atoms with Crippen molar-refractivity contribution in [2.45, 2.75) is 20.8 Å². The molecule has 0 radical (unpaired) electrons. The van der Waals surface area contributed by atoms with Crippen LogP contribution in [0.15, 0.2) is 146 Å². The Hall–Kier alpha value is -5.41. The van der Waals surface area contributed by atoms with Crippen molar-refractivity contribution >= 4 is 34.1 Å². The Bertz CT molecular complexity index is 1590. The van der Waals surface area contributed by atoms with Crippen LogP contribution in [0.1, 0.15) is 33.4 Å². The highest BCUT2D eigenvalue weighted by Crippen LogP contribution is 2.34. The Kier molecular flexibility index (Phi) is 8.15. The van der Waals surface area contributed by atoms with Crippen molar-refractivity contribution in [3.63, 3.8) is 0 Å². The minimum Gasteiger partial charge on any atom is -0.355 e. The van der Waals surface area contributed by atoms with Crippen LogP contribution in [0.25, 0.3) is 0 Å². The number of aryl methyl sites for hydroxylation is 3. The zero-order chi connectivity index (χ0) is 29.6. The molecule has 0 saturated heterocycles. The Morgan fingerprint density at radius 3 is 0.860 bits per heavy atom. The normalized spacial score (nSPS) is 10.7. The highest BCUT2D eigenvalue weighted by Gasteiger charge is 2.23. The van der Waals surface area contributed by atoms with E-state index in [0.717, 1.165) is 50.8 Å². The zero-order valence-corrected chi connectivity index (χ0v) is 24.9. The van der Waals surface area contributed by atoms with Crippen LogP contribution in [0.3, 0.4) is 0 Å². The average Bonchev–Trinajstić information content (AvgIpc) is 3.00. The summed E-state index contributed by atoms with van der Waals surface area (Å²) in [6, 6.07) is 51.4. The summed E-state index contributed by atoms with van der Waals surface area (Å²) in [7, 11) is 0. The standard InChI is InChI=1S/C40H36N3/c1-28-7-4-10-37(25-28)41-34-19-13-31(14-20-34)40(32-15-21-35(22-16-32)42-38-11-5-8-29(2)26-38)33-17-23-36(24-18-33)43-39-12-6-9-30(3)27-39/h4-27,41-43H,1-3H3/q+1. The van der Waals surface area contributed by atoms with Crippen molar-refractivity contribution in [2.24, 2.45) is 0 Å². The monoisotopic (exact) mass is 558 g/mol. The lowest BCUT2D eigenvalue weighted by atomic mass is 9.85. The fraction of sp³-hybridized carbons (Fsp3) is 0.0750. The van der Waals surface area contributed by atoms with Gasteiger partial charge in [-0.05, 0) is 147 Å². The summed E-state index contributed by atoms with van der Waals surface area (Å²) in [5.41, 5.74) is 13.6. The van der Waals surface area contributed by atoms with E-state index in [1.807, 2.05) is 0 Å². The van der Waals surface area contributed by atoms with E-state index in [1.165, 1.54) is 22.6 Å². The van der Waals surface area contributed by atoms with Crippen LogP contribution >= 0.6 is 0 Å². The van der Waals surface area contributed by atoms with Gasteiger partial charge in [0.05, 0.1) is 22.6 Å². The molecule has 0 amide bonds. The second-order valence-corrected chi connectivity index (χ2v) is 11.1. The second-order valence-electron chi connectivity index (χ2n) is 11.1. The van der Waals surface area contributed by atoms with Crippen LogP contribution in [0.4, 0.5) is 34.1 Å². The molecule has 0 bridgehead atoms. The van der Waals surface area contributed by atoms with Gasteiger partial charge in [0.25, 0.3) is 0 Å². The van der Waals surface area contributed by atoms with Crippen molar-refractivity contribution in [1.82, 2.24) is 0 Å². The number of nitrogens with one attached hydrogen (secondary N) is 3. The highest BCUT2D eigenvalue weighted by molar-refractivity contribution is 5.68. The van der Waals surface area contributed by atoms with Gasteiger partial charge in [0.15, 0.2) is 0 Å². The molecule has 0 spiro atoms. The van der Waals surface area contributed by atoms with Gasteiger partial charge in [-0.1, -0.05) is 36.4 Å². The van der Waals surface area contributed by atoms with Crippen LogP contribution in [0.2, 0.25) is 0 Å². The van der Waals surface area contributed by atoms with E-state index in [-0.39, 0.29) is 0 Å². The lowest BCUT2D eigenvalue weighted by Gasteiger charge is -2.16. The molecule has 6 aromatic rings. The molecular weight excluding hydrogens is 522 g/mol. The number of rotatable bonds is 9. The first-order valence-electron chi connectivity index (χ1n) is 14.7. The predicted molar refractivity (Wildman–Crippen MR) is 183 cm³/mol. The lowest BCUT2D eigenvalue weighted by molar-refractivity contribution is 1.23. The van der Waals surface area contributed by atoms with E-state index in [1.54, 1.807) is 0 Å². The molecule has 0 aliphatic heterocycles. The van der Waals surface area contributed by atoms with E-state index in [9.17, 15) is 0 Å². The molecule has 3 heteroatoms. The predicted octanol–water partition coefficient (Wildman–Crippen LogP) is 10.9. The lowest BCUT2D eigenvalue weighted by Crippen LogP contribution is -2.05. The maximum absolute atomic E-state index is 3.53. The summed E-state index contributed by atoms with van der Waals surface area (Å²) in [6.07, 6.45) is 0. The van der Waals surface area contributed by atoms with Gasteiger partial charge in [0, 0.05) is 34.1 Å². The second kappa shape index (κ2) is 12.6. The van der Waals surface area contributed by atoms with Crippen molar-refractivity contribution in [1.29, 1.82) is 0 Å². The minimum atomic E-state index is 1.06. The van der Waals surface area contributed by atoms with Gasteiger partial charge in [-0.3, -0.25) is 0 Å². The van der Waals surface area contributed by atoms with Gasteiger partial charge in [-0.25, -0.2) is 0 Å². The van der Waals surface area contributed by atoms with E-state index in [0.29, 0.717) is 0 Å². The molecule has 0 heterocycles. The Morgan fingerprint density at radius 2 is 0.605 bits per heavy atom. The van der Waals surface area contributed by atoms with E-state index in [2.05, 4.69) is 182 Å². The molecule has 6 rings (SSSR count). The van der Waals surface area contributed by atoms with Gasteiger partial charge in [0.1, 0.15) is 0 Å². The molecule has 0 saturated carbocycles. The van der Waals surface area contributed by atoms with Gasteiger partial charge >= 0.3 is 0 Å². The molecule has 3 nitrogen and oxygen atoms in total. The van der Waals surface area contributed by atoms with Gasteiger partial charge < -0.3 is 16.0 Å². The molecule has 0 aromatic heterocycles. The Balaban J connectivity index is 1.28. The molecule has 0 fully saturated rings. The topological polar surface area (TPSA) is 36.1 Å². The van der Waals surface area contributed by atoms with Crippen LogP contribution in [0, 0.1) is 26.7 Å². The minimum absolute atomic E-state index is 1.06. The fourth-order valence-electron chi connectivity index (χ4n) is 5.33. The summed E-state index contributed by atoms with van der Waals surface area (Å²) in [4.78, 5) is 0. The quantitative estimate of drug-likeness (QED) is 0.122. The fourth-order valence-corrected chi connectivity index (χ4v) is 5.33. The molecule has 0 atom stereocenters. The highest BCUT2D eigenvalue weighted by atomic mass is 14.9. The van der Waals surface area contributed by atoms with Gasteiger partial charge in [0.2, 0.25) is 0 Å². The summed E-state index contributed by atoms with van der Waals surface area (Å²) in [6.45, 7) is 6.33. The average molecular weight is 559 g/mol. The summed E-state index contributed by atoms with van der Waals surface area (Å²) < 4.78 is 0. The van der Waals surface area contributed by atoms with E-state index in [4.69, 9.17) is 0 Å². The number of hydrogen-bond acceptors (Lipinski definition) is 3. The summed E-state index contributed by atoms with van der Waals surface area (Å²) >= 11 is 0. The van der Waals surface area contributed by atoms with Crippen LogP contribution < -0.4 is 16.0 Å². The molecule has 210 valence electrons. The molecule has 43 heavy (non-hydrogen) atoms. The van der Waals surface area contributed by atoms with E-state index < -0.39 is 0 Å². The molecule has 0 aliphatic carbocycles. The molecule has 3 N–H and O–H groups in total. The molecular formula is C40H36N3+. The van der Waals surface area contributed by atoms with Gasteiger partial charge in [-0.2, -0.15) is 0 Å². The first-order valence-corrected chi connectivity index (χ1v) is 14.7. The van der Waals surface area contributed by atoms with Crippen molar-refractivity contribution in [3.05, 3.63) is 185 Å². The van der Waals surface area contributed by atoms with Crippen LogP contribution in [0.5, 0.6) is 0 Å². The number of hydrogen-bond donors (Lipinski definition) is 3. The van der Waals surface area contributed by atoms with E-state index >= 15 is 0 Å². The summed E-state index contributed by atoms with van der Waals surface area (Å²) in [5, 5.41) is 10.6. The summed E-state index contributed by atoms with van der Waals surface area (Å²) in [5.74, 6) is 1.19. The van der Waals surface area contributed by atoms with Gasteiger partial charge in [-0.15, -0.1) is 0 Å². The third-order valence-corrected chi connectivity index (χ3v) is 7.44. The third kappa shape index (κ3) is 7.09. The van der Waals surface area contributed by atoms with Crippen LogP contribution in [-0.4, -0.2) is 0 Å². The first-order chi connectivity index (χ1) is 21.0. The van der Waals surface area contributed by atoms with Crippen LogP contribution in [-0.2, 0) is 0 Å². The largest absolute Gasteiger partial charge is 0.355 e. The number of anilines is 6. The molecule has 0 aliphatic rings. The number of benzene rings is 6. The first kappa shape index (κ1) is 27.7.